The van der Waals surface area contributed by atoms with Gasteiger partial charge >= 0.3 is 0 Å². The maximum atomic E-state index is 8.86. The molecule has 1 aromatic rings. The fourth-order valence-electron chi connectivity index (χ4n) is 1.04. The van der Waals surface area contributed by atoms with Gasteiger partial charge in [0.25, 0.3) is 0 Å². The van der Waals surface area contributed by atoms with Crippen LogP contribution >= 0.6 is 0 Å². The first-order valence-electron chi connectivity index (χ1n) is 4.63. The first-order chi connectivity index (χ1) is 6.63. The number of aliphatic hydroxyl groups is 1. The Labute approximate surface area is 83.7 Å². The Morgan fingerprint density at radius 3 is 2.79 bits per heavy atom. The van der Waals surface area contributed by atoms with Crippen LogP contribution in [-0.4, -0.2) is 22.8 Å². The predicted molar refractivity (Wildman–Crippen MR) is 54.0 cm³/mol. The van der Waals surface area contributed by atoms with Crippen molar-refractivity contribution in [1.29, 1.82) is 0 Å². The minimum absolute atomic E-state index is 0.0862. The van der Waals surface area contributed by atoms with Crippen molar-refractivity contribution in [2.24, 2.45) is 5.73 Å². The summed E-state index contributed by atoms with van der Waals surface area (Å²) < 4.78 is 5.40. The van der Waals surface area contributed by atoms with Crippen LogP contribution in [-0.2, 0) is 0 Å². The van der Waals surface area contributed by atoms with Gasteiger partial charge in [0.15, 0.2) is 0 Å². The number of pyridine rings is 1. The van der Waals surface area contributed by atoms with Gasteiger partial charge in [-0.25, -0.2) is 4.98 Å². The number of nitrogens with zero attached hydrogens (tertiary/aromatic N) is 1. The van der Waals surface area contributed by atoms with Gasteiger partial charge in [-0.1, -0.05) is 6.07 Å². The van der Waals surface area contributed by atoms with Gasteiger partial charge in [-0.2, -0.15) is 0 Å². The van der Waals surface area contributed by atoms with Crippen LogP contribution < -0.4 is 10.5 Å². The summed E-state index contributed by atoms with van der Waals surface area (Å²) in [5.74, 6) is 0.543. The van der Waals surface area contributed by atoms with Gasteiger partial charge in [0.2, 0.25) is 5.88 Å². The van der Waals surface area contributed by atoms with Crippen molar-refractivity contribution < 1.29 is 9.84 Å². The summed E-state index contributed by atoms with van der Waals surface area (Å²) in [6, 6.07) is 4.92. The summed E-state index contributed by atoms with van der Waals surface area (Å²) in [4.78, 5) is 4.18. The van der Waals surface area contributed by atoms with E-state index < -0.39 is 6.04 Å². The zero-order valence-electron chi connectivity index (χ0n) is 8.47. The molecule has 1 heterocycles. The molecule has 0 radical (unpaired) electrons. The Morgan fingerprint density at radius 2 is 2.21 bits per heavy atom. The number of aromatic nitrogens is 1. The molecule has 0 bridgehead atoms. The highest BCUT2D eigenvalue weighted by molar-refractivity contribution is 5.18. The molecule has 0 spiro atoms. The van der Waals surface area contributed by atoms with Crippen LogP contribution in [0.5, 0.6) is 5.88 Å². The molecule has 0 aromatic carbocycles. The third kappa shape index (κ3) is 2.97. The van der Waals surface area contributed by atoms with Gasteiger partial charge in [-0.3, -0.25) is 0 Å². The average Bonchev–Trinajstić information content (AvgIpc) is 2.16. The lowest BCUT2D eigenvalue weighted by atomic mass is 10.2. The molecule has 0 unspecified atom stereocenters. The summed E-state index contributed by atoms with van der Waals surface area (Å²) in [6.45, 7) is 3.75. The zero-order valence-corrected chi connectivity index (χ0v) is 8.47. The number of aliphatic hydroxyl groups excluding tert-OH is 1. The molecule has 0 aliphatic carbocycles. The second-order valence-electron chi connectivity index (χ2n) is 3.36. The molecule has 0 fully saturated rings. The van der Waals surface area contributed by atoms with Crippen LogP contribution in [0.4, 0.5) is 0 Å². The Morgan fingerprint density at radius 1 is 1.50 bits per heavy atom. The van der Waals surface area contributed by atoms with Crippen molar-refractivity contribution in [1.82, 2.24) is 4.98 Å². The lowest BCUT2D eigenvalue weighted by Gasteiger charge is -2.11. The van der Waals surface area contributed by atoms with Gasteiger partial charge in [-0.05, 0) is 19.9 Å². The van der Waals surface area contributed by atoms with E-state index in [2.05, 4.69) is 4.98 Å². The van der Waals surface area contributed by atoms with Gasteiger partial charge in [0, 0.05) is 6.07 Å². The number of hydrogen-bond acceptors (Lipinski definition) is 4. The molecule has 1 aromatic heterocycles. The molecule has 0 saturated carbocycles. The van der Waals surface area contributed by atoms with Gasteiger partial charge < -0.3 is 15.6 Å². The molecular formula is C10H16N2O2. The Kier molecular flexibility index (Phi) is 3.85. The number of hydrogen-bond donors (Lipinski definition) is 2. The standard InChI is InChI=1S/C10H16N2O2/c1-7(2)14-10-5-3-4-9(12-10)8(11)6-13/h3-5,7-8,13H,6,11H2,1-2H3/t8-/m1/s1. The first-order valence-corrected chi connectivity index (χ1v) is 4.63. The lowest BCUT2D eigenvalue weighted by molar-refractivity contribution is 0.229. The molecule has 78 valence electrons. The van der Waals surface area contributed by atoms with Crippen LogP contribution in [0.2, 0.25) is 0 Å². The third-order valence-electron chi connectivity index (χ3n) is 1.68. The topological polar surface area (TPSA) is 68.4 Å². The molecule has 4 nitrogen and oxygen atoms in total. The minimum atomic E-state index is -0.439. The van der Waals surface area contributed by atoms with Crippen LogP contribution in [0.25, 0.3) is 0 Å². The maximum absolute atomic E-state index is 8.86. The van der Waals surface area contributed by atoms with E-state index in [-0.39, 0.29) is 12.7 Å². The molecule has 0 saturated heterocycles. The Balaban J connectivity index is 2.78. The molecular weight excluding hydrogens is 180 g/mol. The number of nitrogens with two attached hydrogens (primary N) is 1. The molecule has 1 atom stereocenters. The summed E-state index contributed by atoms with van der Waals surface area (Å²) in [5, 5.41) is 8.86. The molecule has 14 heavy (non-hydrogen) atoms. The minimum Gasteiger partial charge on any atom is -0.475 e. The van der Waals surface area contributed by atoms with E-state index >= 15 is 0 Å². The van der Waals surface area contributed by atoms with Crippen molar-refractivity contribution >= 4 is 0 Å². The summed E-state index contributed by atoms with van der Waals surface area (Å²) >= 11 is 0. The normalized spacial score (nSPS) is 12.9. The molecule has 0 amide bonds. The number of rotatable bonds is 4. The molecule has 4 heteroatoms. The van der Waals surface area contributed by atoms with Crippen molar-refractivity contribution in [3.8, 4) is 5.88 Å². The highest BCUT2D eigenvalue weighted by atomic mass is 16.5. The van der Waals surface area contributed by atoms with Crippen molar-refractivity contribution in [3.63, 3.8) is 0 Å². The van der Waals surface area contributed by atoms with E-state index in [4.69, 9.17) is 15.6 Å². The summed E-state index contributed by atoms with van der Waals surface area (Å²) in [7, 11) is 0. The highest BCUT2D eigenvalue weighted by Crippen LogP contribution is 2.13. The van der Waals surface area contributed by atoms with Gasteiger partial charge in [0.05, 0.1) is 24.4 Å². The van der Waals surface area contributed by atoms with Gasteiger partial charge in [-0.15, -0.1) is 0 Å². The van der Waals surface area contributed by atoms with Crippen LogP contribution in [0.1, 0.15) is 25.6 Å². The lowest BCUT2D eigenvalue weighted by Crippen LogP contribution is -2.16. The van der Waals surface area contributed by atoms with Gasteiger partial charge in [0.1, 0.15) is 0 Å². The first kappa shape index (κ1) is 10.9. The van der Waals surface area contributed by atoms with E-state index in [1.165, 1.54) is 0 Å². The monoisotopic (exact) mass is 196 g/mol. The predicted octanol–water partition coefficient (Wildman–Crippen LogP) is 0.861. The molecule has 1 rings (SSSR count). The van der Waals surface area contributed by atoms with E-state index in [1.807, 2.05) is 19.9 Å². The largest absolute Gasteiger partial charge is 0.475 e. The van der Waals surface area contributed by atoms with E-state index in [0.717, 1.165) is 0 Å². The SMILES string of the molecule is CC(C)Oc1cccc([C@H](N)CO)n1. The molecule has 3 N–H and O–H groups in total. The zero-order chi connectivity index (χ0) is 10.6. The quantitative estimate of drug-likeness (QED) is 0.749. The fourth-order valence-corrected chi connectivity index (χ4v) is 1.04. The Bertz CT molecular complexity index is 289. The van der Waals surface area contributed by atoms with E-state index in [9.17, 15) is 0 Å². The maximum Gasteiger partial charge on any atom is 0.213 e. The van der Waals surface area contributed by atoms with Crippen LogP contribution in [0.3, 0.4) is 0 Å². The molecule has 0 aliphatic rings. The number of ether oxygens (including phenoxy) is 1. The van der Waals surface area contributed by atoms with Crippen molar-refractivity contribution in [2.45, 2.75) is 26.0 Å². The summed E-state index contributed by atoms with van der Waals surface area (Å²) in [5.41, 5.74) is 6.27. The molecule has 0 aliphatic heterocycles. The van der Waals surface area contributed by atoms with E-state index in [0.29, 0.717) is 11.6 Å². The van der Waals surface area contributed by atoms with Crippen LogP contribution in [0.15, 0.2) is 18.2 Å². The average molecular weight is 196 g/mol. The van der Waals surface area contributed by atoms with Crippen molar-refractivity contribution in [3.05, 3.63) is 23.9 Å². The van der Waals surface area contributed by atoms with Crippen molar-refractivity contribution in [2.75, 3.05) is 6.61 Å². The van der Waals surface area contributed by atoms with E-state index in [1.54, 1.807) is 12.1 Å². The van der Waals surface area contributed by atoms with Crippen LogP contribution in [0, 0.1) is 0 Å². The highest BCUT2D eigenvalue weighted by Gasteiger charge is 2.07. The third-order valence-corrected chi connectivity index (χ3v) is 1.68. The second-order valence-corrected chi connectivity index (χ2v) is 3.36. The smallest absolute Gasteiger partial charge is 0.213 e. The second kappa shape index (κ2) is 4.93. The Hall–Kier alpha value is -1.13. The fraction of sp³-hybridized carbons (Fsp3) is 0.500. The summed E-state index contributed by atoms with van der Waals surface area (Å²) in [6.07, 6.45) is 0.0862.